The Hall–Kier alpha value is -1.71. The molecule has 0 unspecified atom stereocenters. The van der Waals surface area contributed by atoms with E-state index in [2.05, 4.69) is 4.98 Å². The molecule has 0 atom stereocenters. The first kappa shape index (κ1) is 7.91. The molecule has 1 aromatic heterocycles. The monoisotopic (exact) mass is 177 g/mol. The van der Waals surface area contributed by atoms with Gasteiger partial charge in [-0.1, -0.05) is 0 Å². The number of carbonyl (C=O) groups is 2. The van der Waals surface area contributed by atoms with Gasteiger partial charge in [0, 0.05) is 0 Å². The third-order valence-electron chi connectivity index (χ3n) is 1.83. The first-order chi connectivity index (χ1) is 6.29. The number of ketones is 1. The quantitative estimate of drug-likeness (QED) is 0.582. The Kier molecular flexibility index (Phi) is 1.81. The number of hydrogen-bond donors (Lipinski definition) is 0. The van der Waals surface area contributed by atoms with Gasteiger partial charge in [0.1, 0.15) is 18.1 Å². The van der Waals surface area contributed by atoms with Gasteiger partial charge in [-0.2, -0.15) is 0 Å². The molecule has 0 aromatic carbocycles. The summed E-state index contributed by atoms with van der Waals surface area (Å²) in [5.41, 5.74) is 0.887. The van der Waals surface area contributed by atoms with Crippen molar-refractivity contribution >= 4 is 12.1 Å². The Morgan fingerprint density at radius 2 is 2.31 bits per heavy atom. The number of fused-ring (bicyclic) bond motifs is 1. The van der Waals surface area contributed by atoms with Crippen molar-refractivity contribution < 1.29 is 14.3 Å². The zero-order chi connectivity index (χ0) is 9.26. The number of aldehydes is 1. The van der Waals surface area contributed by atoms with Crippen molar-refractivity contribution in [3.8, 4) is 5.75 Å². The van der Waals surface area contributed by atoms with Crippen LogP contribution in [0.5, 0.6) is 5.75 Å². The van der Waals surface area contributed by atoms with Gasteiger partial charge in [-0.05, 0) is 12.1 Å². The molecule has 2 rings (SSSR count). The van der Waals surface area contributed by atoms with Crippen LogP contribution in [0.1, 0.15) is 16.2 Å². The molecule has 1 aromatic rings. The van der Waals surface area contributed by atoms with Crippen molar-refractivity contribution in [1.29, 1.82) is 0 Å². The fraction of sp³-hybridized carbons (Fsp3) is 0.222. The van der Waals surface area contributed by atoms with Crippen LogP contribution in [0.15, 0.2) is 12.1 Å². The molecule has 0 N–H and O–H groups in total. The van der Waals surface area contributed by atoms with Crippen molar-refractivity contribution in [3.63, 3.8) is 0 Å². The third-order valence-corrected chi connectivity index (χ3v) is 1.83. The summed E-state index contributed by atoms with van der Waals surface area (Å²) in [6.07, 6.45) is 0.913. The molecule has 0 fully saturated rings. The Labute approximate surface area is 74.5 Å². The van der Waals surface area contributed by atoms with Gasteiger partial charge in [0.15, 0.2) is 12.1 Å². The number of rotatable bonds is 1. The molecule has 0 bridgehead atoms. The van der Waals surface area contributed by atoms with E-state index in [0.29, 0.717) is 23.4 Å². The number of Topliss-reactive ketones (excluding diaryl/α,β-unsaturated/α-hetero) is 1. The van der Waals surface area contributed by atoms with Crippen LogP contribution < -0.4 is 4.74 Å². The minimum absolute atomic E-state index is 0.0111. The third kappa shape index (κ3) is 1.42. The van der Waals surface area contributed by atoms with Crippen LogP contribution in [0, 0.1) is 0 Å². The van der Waals surface area contributed by atoms with Crippen LogP contribution in [0.4, 0.5) is 0 Å². The Morgan fingerprint density at radius 1 is 1.46 bits per heavy atom. The molecule has 0 spiro atoms. The van der Waals surface area contributed by atoms with Gasteiger partial charge in [0.2, 0.25) is 0 Å². The predicted molar refractivity (Wildman–Crippen MR) is 43.8 cm³/mol. The van der Waals surface area contributed by atoms with Gasteiger partial charge in [-0.15, -0.1) is 0 Å². The van der Waals surface area contributed by atoms with Gasteiger partial charge < -0.3 is 4.74 Å². The zero-order valence-corrected chi connectivity index (χ0v) is 6.82. The predicted octanol–water partition coefficient (Wildman–Crippen LogP) is 0.398. The number of ether oxygens (including phenoxy) is 1. The van der Waals surface area contributed by atoms with Crippen LogP contribution in [0.25, 0.3) is 0 Å². The summed E-state index contributed by atoms with van der Waals surface area (Å²) in [4.78, 5) is 25.3. The van der Waals surface area contributed by atoms with E-state index in [4.69, 9.17) is 4.74 Å². The standard InChI is InChI=1S/C9H7NO3/c11-4-6-1-2-9-8(10-6)3-7(12)5-13-9/h1-2,4H,3,5H2. The molecule has 2 heterocycles. The van der Waals surface area contributed by atoms with Crippen molar-refractivity contribution in [2.75, 3.05) is 6.61 Å². The van der Waals surface area contributed by atoms with Crippen molar-refractivity contribution in [1.82, 2.24) is 4.98 Å². The molecule has 66 valence electrons. The summed E-state index contributed by atoms with van der Waals surface area (Å²) in [6, 6.07) is 3.24. The molecule has 0 amide bonds. The largest absolute Gasteiger partial charge is 0.484 e. The number of hydrogen-bond acceptors (Lipinski definition) is 4. The topological polar surface area (TPSA) is 56.3 Å². The smallest absolute Gasteiger partial charge is 0.176 e. The van der Waals surface area contributed by atoms with E-state index in [9.17, 15) is 9.59 Å². The van der Waals surface area contributed by atoms with E-state index in [0.717, 1.165) is 0 Å². The zero-order valence-electron chi connectivity index (χ0n) is 6.82. The highest BCUT2D eigenvalue weighted by Gasteiger charge is 2.17. The normalized spacial score (nSPS) is 14.6. The van der Waals surface area contributed by atoms with Gasteiger partial charge in [0.05, 0.1) is 12.1 Å². The fourth-order valence-corrected chi connectivity index (χ4v) is 1.23. The van der Waals surface area contributed by atoms with Crippen molar-refractivity contribution in [2.24, 2.45) is 0 Å². The van der Waals surface area contributed by atoms with Crippen LogP contribution in [-0.2, 0) is 11.2 Å². The van der Waals surface area contributed by atoms with Gasteiger partial charge >= 0.3 is 0 Å². The maximum atomic E-state index is 11.0. The average Bonchev–Trinajstić information content (AvgIpc) is 2.16. The maximum absolute atomic E-state index is 11.0. The molecule has 0 saturated heterocycles. The van der Waals surface area contributed by atoms with Gasteiger partial charge in [-0.25, -0.2) is 4.98 Å². The van der Waals surface area contributed by atoms with Crippen LogP contribution in [0.3, 0.4) is 0 Å². The number of carbonyl (C=O) groups excluding carboxylic acids is 2. The summed E-state index contributed by atoms with van der Waals surface area (Å²) in [6.45, 7) is 0.106. The maximum Gasteiger partial charge on any atom is 0.176 e. The van der Waals surface area contributed by atoms with E-state index >= 15 is 0 Å². The molecular weight excluding hydrogens is 170 g/mol. The van der Waals surface area contributed by atoms with Crippen molar-refractivity contribution in [3.05, 3.63) is 23.5 Å². The van der Waals surface area contributed by atoms with E-state index in [1.54, 1.807) is 12.1 Å². The van der Waals surface area contributed by atoms with E-state index < -0.39 is 0 Å². The summed E-state index contributed by atoms with van der Waals surface area (Å²) in [5, 5.41) is 0. The molecular formula is C9H7NO3. The summed E-state index contributed by atoms with van der Waals surface area (Å²) in [7, 11) is 0. The number of pyridine rings is 1. The lowest BCUT2D eigenvalue weighted by atomic mass is 10.1. The molecule has 0 radical (unpaired) electrons. The lowest BCUT2D eigenvalue weighted by Crippen LogP contribution is -2.21. The first-order valence-electron chi connectivity index (χ1n) is 3.89. The molecule has 0 aliphatic carbocycles. The van der Waals surface area contributed by atoms with Crippen LogP contribution in [0.2, 0.25) is 0 Å². The van der Waals surface area contributed by atoms with Gasteiger partial charge in [0.25, 0.3) is 0 Å². The summed E-state index contributed by atoms with van der Waals surface area (Å²) in [5.74, 6) is 0.591. The first-order valence-corrected chi connectivity index (χ1v) is 3.89. The highest BCUT2D eigenvalue weighted by molar-refractivity contribution is 5.84. The minimum Gasteiger partial charge on any atom is -0.484 e. The van der Waals surface area contributed by atoms with Crippen LogP contribution >= 0.6 is 0 Å². The van der Waals surface area contributed by atoms with E-state index in [-0.39, 0.29) is 18.8 Å². The van der Waals surface area contributed by atoms with E-state index in [1.165, 1.54) is 0 Å². The van der Waals surface area contributed by atoms with E-state index in [1.807, 2.05) is 0 Å². The highest BCUT2D eigenvalue weighted by atomic mass is 16.5. The Balaban J connectivity index is 2.43. The molecule has 13 heavy (non-hydrogen) atoms. The summed E-state index contributed by atoms with van der Waals surface area (Å²) >= 11 is 0. The lowest BCUT2D eigenvalue weighted by Gasteiger charge is -2.14. The fourth-order valence-electron chi connectivity index (χ4n) is 1.23. The Bertz CT molecular complexity index is 373. The highest BCUT2D eigenvalue weighted by Crippen LogP contribution is 2.20. The molecule has 1 aliphatic rings. The summed E-state index contributed by atoms with van der Waals surface area (Å²) < 4.78 is 5.11. The average molecular weight is 177 g/mol. The van der Waals surface area contributed by atoms with Crippen molar-refractivity contribution in [2.45, 2.75) is 6.42 Å². The second-order valence-corrected chi connectivity index (χ2v) is 2.80. The molecule has 1 aliphatic heterocycles. The number of aromatic nitrogens is 1. The molecule has 0 saturated carbocycles. The van der Waals surface area contributed by atoms with Crippen LogP contribution in [-0.4, -0.2) is 23.7 Å². The minimum atomic E-state index is -0.0111. The lowest BCUT2D eigenvalue weighted by molar-refractivity contribution is -0.121. The second kappa shape index (κ2) is 2.97. The molecule has 4 heteroatoms. The van der Waals surface area contributed by atoms with Gasteiger partial charge in [-0.3, -0.25) is 9.59 Å². The Morgan fingerprint density at radius 3 is 3.08 bits per heavy atom. The molecule has 4 nitrogen and oxygen atoms in total. The number of nitrogens with zero attached hydrogens (tertiary/aromatic N) is 1. The second-order valence-electron chi connectivity index (χ2n) is 2.80. The SMILES string of the molecule is O=Cc1ccc2c(n1)CC(=O)CO2.